The number of amides is 2. The van der Waals surface area contributed by atoms with Crippen LogP contribution in [0, 0.1) is 5.92 Å². The van der Waals surface area contributed by atoms with Crippen LogP contribution in [0.15, 0.2) is 36.4 Å². The molecule has 2 bridgehead atoms. The van der Waals surface area contributed by atoms with Crippen LogP contribution in [-0.4, -0.2) is 90.7 Å². The minimum atomic E-state index is -0.488. The lowest BCUT2D eigenvalue weighted by Crippen LogP contribution is -3.00. The van der Waals surface area contributed by atoms with Gasteiger partial charge in [-0.25, -0.2) is 4.79 Å². The number of halogens is 1. The lowest BCUT2D eigenvalue weighted by Gasteiger charge is -2.60. The van der Waals surface area contributed by atoms with E-state index in [9.17, 15) is 19.5 Å². The Hall–Kier alpha value is -3.34. The average Bonchev–Trinajstić information content (AvgIpc) is 3.66. The highest BCUT2D eigenvalue weighted by atomic mass is 35.5. The first-order valence-electron chi connectivity index (χ1n) is 15.6. The SMILES string of the molecule is CN(CCNC(=O)[C@@H]1CCCN1)C(=O)Oc1ccc(C[N@@+]2(C)CC[C@]34c5c6ccc(O)c5O[C@H]3C(=O)CC[C@H]4[C@H]2C6)cc1.[Cl-]. The third-order valence-electron chi connectivity index (χ3n) is 10.9. The molecule has 0 radical (unpaired) electrons. The first kappa shape index (κ1) is 30.7. The molecule has 1 spiro atoms. The molecule has 5 aliphatic rings. The second-order valence-corrected chi connectivity index (χ2v) is 13.4. The molecule has 2 aromatic rings. The lowest BCUT2D eigenvalue weighted by molar-refractivity contribution is -0.957. The highest BCUT2D eigenvalue weighted by molar-refractivity contribution is 5.89. The molecule has 3 N–H and O–H groups in total. The zero-order valence-electron chi connectivity index (χ0n) is 25.3. The van der Waals surface area contributed by atoms with Gasteiger partial charge in [0, 0.05) is 56.4 Å². The molecule has 3 heterocycles. The minimum Gasteiger partial charge on any atom is -1.00 e. The van der Waals surface area contributed by atoms with E-state index in [-0.39, 0.29) is 41.3 Å². The quantitative estimate of drug-likeness (QED) is 0.361. The van der Waals surface area contributed by atoms with E-state index in [0.717, 1.165) is 67.3 Å². The Morgan fingerprint density at radius 1 is 1.20 bits per heavy atom. The van der Waals surface area contributed by atoms with Gasteiger partial charge in [-0.3, -0.25) is 9.59 Å². The number of nitrogens with one attached hydrogen (secondary N) is 2. The number of nitrogens with zero attached hydrogens (tertiary/aromatic N) is 2. The van der Waals surface area contributed by atoms with Gasteiger partial charge in [-0.15, -0.1) is 0 Å². The molecule has 2 saturated heterocycles. The Morgan fingerprint density at radius 3 is 2.75 bits per heavy atom. The second-order valence-electron chi connectivity index (χ2n) is 13.4. The van der Waals surface area contributed by atoms with Crippen molar-refractivity contribution in [2.24, 2.45) is 5.92 Å². The number of hydrogen-bond donors (Lipinski definition) is 3. The van der Waals surface area contributed by atoms with Gasteiger partial charge in [0.15, 0.2) is 23.4 Å². The number of aromatic hydroxyl groups is 1. The van der Waals surface area contributed by atoms with E-state index in [1.54, 1.807) is 13.1 Å². The fraction of sp³-hybridized carbons (Fsp3) is 0.545. The molecule has 10 nitrogen and oxygen atoms in total. The van der Waals surface area contributed by atoms with Crippen LogP contribution in [0.2, 0.25) is 0 Å². The van der Waals surface area contributed by atoms with E-state index >= 15 is 0 Å². The van der Waals surface area contributed by atoms with Crippen LogP contribution < -0.4 is 32.5 Å². The van der Waals surface area contributed by atoms with E-state index < -0.39 is 12.2 Å². The molecule has 0 aromatic heterocycles. The molecular formula is C33H41ClN4O6. The largest absolute Gasteiger partial charge is 1.00 e. The van der Waals surface area contributed by atoms with Gasteiger partial charge in [0.2, 0.25) is 5.91 Å². The number of likely N-dealkylation sites (tertiary alicyclic amines) is 1. The van der Waals surface area contributed by atoms with E-state index in [0.29, 0.717) is 43.0 Å². The number of likely N-dealkylation sites (N-methyl/N-ethyl adjacent to an activating group) is 2. The molecule has 3 fully saturated rings. The van der Waals surface area contributed by atoms with Crippen molar-refractivity contribution < 1.29 is 45.9 Å². The number of phenolic OH excluding ortho intramolecular Hbond substituents is 1. The van der Waals surface area contributed by atoms with Crippen LogP contribution in [0.5, 0.6) is 17.2 Å². The summed E-state index contributed by atoms with van der Waals surface area (Å²) in [7, 11) is 3.99. The topological polar surface area (TPSA) is 117 Å². The maximum atomic E-state index is 13.1. The summed E-state index contributed by atoms with van der Waals surface area (Å²) in [6.07, 6.45) is 4.02. The summed E-state index contributed by atoms with van der Waals surface area (Å²) in [6.45, 7) is 3.34. The van der Waals surface area contributed by atoms with Gasteiger partial charge in [-0.05, 0) is 61.7 Å². The molecular weight excluding hydrogens is 584 g/mol. The highest BCUT2D eigenvalue weighted by Crippen LogP contribution is 2.64. The van der Waals surface area contributed by atoms with Crippen LogP contribution in [0.1, 0.15) is 48.8 Å². The number of ether oxygens (including phenoxy) is 2. The summed E-state index contributed by atoms with van der Waals surface area (Å²) in [5.74, 6) is 1.63. The zero-order valence-corrected chi connectivity index (χ0v) is 26.1. The van der Waals surface area contributed by atoms with Crippen molar-refractivity contribution in [1.82, 2.24) is 15.5 Å². The number of phenols is 1. The Labute approximate surface area is 264 Å². The van der Waals surface area contributed by atoms with Crippen molar-refractivity contribution in [2.45, 2.75) is 68.7 Å². The Kier molecular flexibility index (Phi) is 8.05. The van der Waals surface area contributed by atoms with Crippen LogP contribution >= 0.6 is 0 Å². The summed E-state index contributed by atoms with van der Waals surface area (Å²) >= 11 is 0. The van der Waals surface area contributed by atoms with Gasteiger partial charge >= 0.3 is 6.09 Å². The van der Waals surface area contributed by atoms with Crippen molar-refractivity contribution in [3.8, 4) is 17.2 Å². The van der Waals surface area contributed by atoms with E-state index in [1.807, 2.05) is 30.3 Å². The van der Waals surface area contributed by atoms with Gasteiger partial charge < -0.3 is 47.0 Å². The van der Waals surface area contributed by atoms with E-state index in [1.165, 1.54) is 10.5 Å². The fourth-order valence-corrected chi connectivity index (χ4v) is 8.72. The molecule has 236 valence electrons. The number of carbonyl (C=O) groups is 3. The number of rotatable bonds is 7. The number of hydrogen-bond acceptors (Lipinski definition) is 7. The molecule has 44 heavy (non-hydrogen) atoms. The monoisotopic (exact) mass is 624 g/mol. The molecule has 2 amide bonds. The van der Waals surface area contributed by atoms with Crippen molar-refractivity contribution in [2.75, 3.05) is 40.3 Å². The smallest absolute Gasteiger partial charge is 0.415 e. The first-order valence-corrected chi connectivity index (χ1v) is 15.6. The van der Waals surface area contributed by atoms with E-state index in [4.69, 9.17) is 9.47 Å². The fourth-order valence-electron chi connectivity index (χ4n) is 8.72. The third kappa shape index (κ3) is 4.91. The number of benzene rings is 2. The maximum absolute atomic E-state index is 13.1. The summed E-state index contributed by atoms with van der Waals surface area (Å²) in [6, 6.07) is 11.7. The summed E-state index contributed by atoms with van der Waals surface area (Å²) in [4.78, 5) is 39.4. The van der Waals surface area contributed by atoms with Crippen molar-refractivity contribution in [3.05, 3.63) is 53.1 Å². The van der Waals surface area contributed by atoms with Gasteiger partial charge in [0.05, 0.1) is 31.1 Å². The highest BCUT2D eigenvalue weighted by Gasteiger charge is 2.69. The number of quaternary nitrogens is 1. The number of piperidine rings is 1. The molecule has 3 aliphatic heterocycles. The Balaban J connectivity index is 0.00000343. The van der Waals surface area contributed by atoms with Gasteiger partial charge in [-0.1, -0.05) is 6.07 Å². The van der Waals surface area contributed by atoms with Gasteiger partial charge in [0.1, 0.15) is 12.3 Å². The average molecular weight is 625 g/mol. The molecule has 2 aliphatic carbocycles. The standard InChI is InChI=1S/C33H40N4O6.ClH/c1-36(16-15-35-31(40)24-4-3-14-34-24)32(41)42-22-8-5-20(6-9-22)19-37(2)17-13-33-23-10-12-27(39)30(33)43-29-26(38)11-7-21(28(29)33)18-25(23)37;/h5-9,11,23-25,30,34H,3-4,10,12-19H2,1-2H3,(H-,35,38,40);1H/t23-,24-,25+,30-,33-,37+;/m0./s1. The molecule has 6 atom stereocenters. The predicted molar refractivity (Wildman–Crippen MR) is 158 cm³/mol. The summed E-state index contributed by atoms with van der Waals surface area (Å²) in [5, 5.41) is 16.7. The molecule has 0 unspecified atom stereocenters. The third-order valence-corrected chi connectivity index (χ3v) is 10.9. The summed E-state index contributed by atoms with van der Waals surface area (Å²) in [5.41, 5.74) is 3.14. The molecule has 2 aromatic carbocycles. The number of Topliss-reactive ketones (excluding diaryl/α,β-unsaturated/α-hetero) is 1. The maximum Gasteiger partial charge on any atom is 0.415 e. The lowest BCUT2D eigenvalue weighted by atomic mass is 9.51. The Bertz CT molecular complexity index is 1460. The van der Waals surface area contributed by atoms with Crippen molar-refractivity contribution in [1.29, 1.82) is 0 Å². The normalized spacial score (nSPS) is 30.9. The first-order chi connectivity index (χ1) is 20.7. The van der Waals surface area contributed by atoms with Crippen molar-refractivity contribution >= 4 is 17.8 Å². The van der Waals surface area contributed by atoms with Crippen LogP contribution in [0.4, 0.5) is 4.79 Å². The number of carbonyl (C=O) groups excluding carboxylic acids is 3. The predicted octanol–water partition coefficient (Wildman–Crippen LogP) is -0.352. The summed E-state index contributed by atoms with van der Waals surface area (Å²) < 4.78 is 12.7. The minimum absolute atomic E-state index is 0. The zero-order chi connectivity index (χ0) is 29.9. The van der Waals surface area contributed by atoms with Crippen LogP contribution in [0.3, 0.4) is 0 Å². The van der Waals surface area contributed by atoms with Crippen LogP contribution in [0.25, 0.3) is 0 Å². The van der Waals surface area contributed by atoms with Crippen molar-refractivity contribution in [3.63, 3.8) is 0 Å². The van der Waals surface area contributed by atoms with Gasteiger partial charge in [0.25, 0.3) is 0 Å². The van der Waals surface area contributed by atoms with E-state index in [2.05, 4.69) is 17.7 Å². The molecule has 1 saturated carbocycles. The molecule has 7 rings (SSSR count). The molecule has 11 heteroatoms. The Morgan fingerprint density at radius 2 is 2.00 bits per heavy atom. The van der Waals surface area contributed by atoms with Gasteiger partial charge in [-0.2, -0.15) is 0 Å². The van der Waals surface area contributed by atoms with Crippen LogP contribution in [-0.2, 0) is 28.0 Å². The second kappa shape index (κ2) is 11.5. The number of ketones is 1.